The molecule has 3 heteroatoms. The van der Waals surface area contributed by atoms with E-state index in [1.54, 1.807) is 0 Å². The SMILES string of the molecule is CCC[CH](C)[AlH][O][AlH2]. The van der Waals surface area contributed by atoms with E-state index in [4.69, 9.17) is 2.84 Å². The Hall–Kier alpha value is 1.02. The molecule has 0 N–H and O–H groups in total. The van der Waals surface area contributed by atoms with Gasteiger partial charge in [-0.1, -0.05) is 31.5 Å². The zero-order valence-electron chi connectivity index (χ0n) is 6.11. The van der Waals surface area contributed by atoms with E-state index >= 15 is 0 Å². The number of rotatable bonds is 4. The highest BCUT2D eigenvalue weighted by Crippen LogP contribution is 2.08. The molecule has 0 aromatic carbocycles. The summed E-state index contributed by atoms with van der Waals surface area (Å²) >= 11 is 0.853. The second-order valence-corrected chi connectivity index (χ2v) is 6.39. The second kappa shape index (κ2) is 6.15. The Morgan fingerprint density at radius 2 is 2.38 bits per heavy atom. The van der Waals surface area contributed by atoms with E-state index in [2.05, 4.69) is 13.8 Å². The summed E-state index contributed by atoms with van der Waals surface area (Å²) in [6, 6.07) is 0. The first kappa shape index (κ1) is 9.02. The molecule has 0 radical (unpaired) electrons. The van der Waals surface area contributed by atoms with Crippen molar-refractivity contribution in [1.82, 2.24) is 0 Å². The van der Waals surface area contributed by atoms with Gasteiger partial charge in [-0.05, 0) is 0 Å². The summed E-state index contributed by atoms with van der Waals surface area (Å²) in [5.41, 5.74) is 0. The monoisotopic (exact) mass is 144 g/mol. The Balaban J connectivity index is 2.92. The molecule has 0 rings (SSSR count). The quantitative estimate of drug-likeness (QED) is 0.522. The average molecular weight is 144 g/mol. The lowest BCUT2D eigenvalue weighted by Crippen LogP contribution is -2.01. The van der Waals surface area contributed by atoms with Gasteiger partial charge < -0.3 is 2.84 Å². The van der Waals surface area contributed by atoms with Crippen LogP contribution in [0.5, 0.6) is 0 Å². The average Bonchev–Trinajstić information content (AvgIpc) is 1.68. The lowest BCUT2D eigenvalue weighted by molar-refractivity contribution is 0.617. The number of hydrogen-bond acceptors (Lipinski definition) is 1. The van der Waals surface area contributed by atoms with Gasteiger partial charge in [0.25, 0.3) is 0 Å². The molecule has 0 aliphatic rings. The molecule has 8 heavy (non-hydrogen) atoms. The maximum atomic E-state index is 5.23. The van der Waals surface area contributed by atoms with Gasteiger partial charge in [-0.3, -0.25) is 0 Å². The fourth-order valence-electron chi connectivity index (χ4n) is 0.861. The van der Waals surface area contributed by atoms with Crippen LogP contribution in [0.25, 0.3) is 0 Å². The highest BCUT2D eigenvalue weighted by atomic mass is 27.2. The molecular weight excluding hydrogens is 130 g/mol. The van der Waals surface area contributed by atoms with Crippen LogP contribution in [0.3, 0.4) is 0 Å². The molecule has 1 unspecified atom stereocenters. The summed E-state index contributed by atoms with van der Waals surface area (Å²) in [5.74, 6) is 0. The summed E-state index contributed by atoms with van der Waals surface area (Å²) < 4.78 is 6.15. The van der Waals surface area contributed by atoms with E-state index in [1.165, 1.54) is 12.8 Å². The van der Waals surface area contributed by atoms with E-state index in [0.717, 1.165) is 21.4 Å². The van der Waals surface area contributed by atoms with Crippen LogP contribution in [0.1, 0.15) is 26.7 Å². The Kier molecular flexibility index (Phi) is 6.94. The van der Waals surface area contributed by atoms with Gasteiger partial charge >= 0.3 is 32.2 Å². The van der Waals surface area contributed by atoms with E-state index in [1.807, 2.05) is 0 Å². The van der Waals surface area contributed by atoms with Gasteiger partial charge in [0.1, 0.15) is 0 Å². The molecule has 0 bridgehead atoms. The van der Waals surface area contributed by atoms with Crippen LogP contribution in [-0.4, -0.2) is 32.2 Å². The maximum absolute atomic E-state index is 5.23. The van der Waals surface area contributed by atoms with Gasteiger partial charge in [0.05, 0.1) is 0 Å². The summed E-state index contributed by atoms with van der Waals surface area (Å²) in [6.07, 6.45) is 2.69. The minimum atomic E-state index is -0.103. The van der Waals surface area contributed by atoms with Gasteiger partial charge in [0.15, 0.2) is 0 Å². The topological polar surface area (TPSA) is 9.23 Å². The minimum Gasteiger partial charge on any atom is -0.644 e. The van der Waals surface area contributed by atoms with Crippen LogP contribution in [0, 0.1) is 0 Å². The third-order valence-corrected chi connectivity index (χ3v) is 3.54. The highest BCUT2D eigenvalue weighted by molar-refractivity contribution is 6.35. The van der Waals surface area contributed by atoms with Crippen molar-refractivity contribution in [1.29, 1.82) is 0 Å². The molecule has 1 nitrogen and oxygen atoms in total. The van der Waals surface area contributed by atoms with Crippen LogP contribution < -0.4 is 0 Å². The predicted octanol–water partition coefficient (Wildman–Crippen LogP) is 0.511. The molecule has 0 aliphatic carbocycles. The van der Waals surface area contributed by atoms with E-state index in [-0.39, 0.29) is 15.6 Å². The molecular formula is C5H14Al2O. The highest BCUT2D eigenvalue weighted by Gasteiger charge is 2.01. The molecule has 0 amide bonds. The van der Waals surface area contributed by atoms with Crippen molar-refractivity contribution in [3.05, 3.63) is 0 Å². The lowest BCUT2D eigenvalue weighted by atomic mass is 10.3. The third kappa shape index (κ3) is 5.17. The number of hydrogen-bond donors (Lipinski definition) is 0. The molecule has 0 aliphatic heterocycles. The van der Waals surface area contributed by atoms with Gasteiger partial charge in [-0.15, -0.1) is 0 Å². The maximum Gasteiger partial charge on any atom is 0.407 e. The van der Waals surface area contributed by atoms with Crippen molar-refractivity contribution in [2.45, 2.75) is 31.5 Å². The van der Waals surface area contributed by atoms with Gasteiger partial charge in [0, 0.05) is 0 Å². The molecule has 0 fully saturated rings. The van der Waals surface area contributed by atoms with Gasteiger partial charge in [-0.25, -0.2) is 0 Å². The molecule has 1 atom stereocenters. The van der Waals surface area contributed by atoms with Crippen LogP contribution in [0.4, 0.5) is 0 Å². The first-order valence-electron chi connectivity index (χ1n) is 3.30. The summed E-state index contributed by atoms with van der Waals surface area (Å²) in [4.78, 5) is 0. The first-order valence-corrected chi connectivity index (χ1v) is 5.51. The Morgan fingerprint density at radius 1 is 1.75 bits per heavy atom. The fraction of sp³-hybridized carbons (Fsp3) is 1.00. The van der Waals surface area contributed by atoms with Crippen LogP contribution in [0.15, 0.2) is 0 Å². The van der Waals surface area contributed by atoms with Crippen molar-refractivity contribution in [2.24, 2.45) is 0 Å². The van der Waals surface area contributed by atoms with Crippen molar-refractivity contribution in [2.75, 3.05) is 0 Å². The molecule has 0 saturated carbocycles. The molecule has 0 saturated heterocycles. The zero-order chi connectivity index (χ0) is 6.41. The first-order chi connectivity index (χ1) is 3.81. The minimum absolute atomic E-state index is 0.103. The van der Waals surface area contributed by atoms with Crippen LogP contribution in [-0.2, 0) is 2.84 Å². The molecule has 0 heterocycles. The molecule has 46 valence electrons. The van der Waals surface area contributed by atoms with Crippen LogP contribution >= 0.6 is 0 Å². The molecule has 0 spiro atoms. The predicted molar refractivity (Wildman–Crippen MR) is 41.1 cm³/mol. The summed E-state index contributed by atoms with van der Waals surface area (Å²) in [5, 5.41) is 0. The van der Waals surface area contributed by atoms with E-state index < -0.39 is 0 Å². The standard InChI is InChI=1S/C5H11.2Al.O.3H/c1-3-5-4-2;;;;;;/h3H,4-5H2,1-2H3;;;;;;. The molecule has 0 aromatic rings. The normalized spacial score (nSPS) is 13.2. The third-order valence-electron chi connectivity index (χ3n) is 1.23. The van der Waals surface area contributed by atoms with Gasteiger partial charge in [0.2, 0.25) is 0 Å². The van der Waals surface area contributed by atoms with Crippen LogP contribution in [0.2, 0.25) is 4.78 Å². The summed E-state index contributed by atoms with van der Waals surface area (Å²) in [6.45, 7) is 4.53. The van der Waals surface area contributed by atoms with Gasteiger partial charge in [-0.2, -0.15) is 0 Å². The largest absolute Gasteiger partial charge is 0.644 e. The van der Waals surface area contributed by atoms with Crippen molar-refractivity contribution in [3.63, 3.8) is 0 Å². The summed E-state index contributed by atoms with van der Waals surface area (Å²) in [7, 11) is 0. The smallest absolute Gasteiger partial charge is 0.407 e. The van der Waals surface area contributed by atoms with Crippen molar-refractivity contribution in [3.8, 4) is 0 Å². The Bertz CT molecular complexity index is 43.7. The second-order valence-electron chi connectivity index (χ2n) is 2.35. The lowest BCUT2D eigenvalue weighted by Gasteiger charge is -2.04. The van der Waals surface area contributed by atoms with E-state index in [9.17, 15) is 0 Å². The van der Waals surface area contributed by atoms with Crippen molar-refractivity contribution < 1.29 is 2.84 Å². The van der Waals surface area contributed by atoms with E-state index in [0.29, 0.717) is 0 Å². The Morgan fingerprint density at radius 3 is 2.75 bits per heavy atom. The fourth-order valence-corrected chi connectivity index (χ4v) is 3.71. The Labute approximate surface area is 66.6 Å². The zero-order valence-corrected chi connectivity index (χ0v) is 9.52. The van der Waals surface area contributed by atoms with Crippen molar-refractivity contribution >= 4 is 32.2 Å². The molecule has 0 aromatic heterocycles.